The van der Waals surface area contributed by atoms with E-state index in [1.807, 2.05) is 29.6 Å². The number of Topliss-reactive ketones (excluding diaryl/α,β-unsaturated/α-hetero) is 1. The molecule has 1 amide bonds. The number of hydrogen-bond acceptors (Lipinski definition) is 5. The predicted molar refractivity (Wildman–Crippen MR) is 110 cm³/mol. The van der Waals surface area contributed by atoms with Gasteiger partial charge in [-0.05, 0) is 36.4 Å². The highest BCUT2D eigenvalue weighted by atomic mass is 79.9. The zero-order valence-corrected chi connectivity index (χ0v) is 17.0. The van der Waals surface area contributed by atoms with E-state index in [1.165, 1.54) is 11.3 Å². The van der Waals surface area contributed by atoms with Crippen LogP contribution in [0.3, 0.4) is 0 Å². The zero-order valence-electron chi connectivity index (χ0n) is 14.6. The fourth-order valence-electron chi connectivity index (χ4n) is 2.41. The number of carbonyl (C=O) groups excluding carboxylic acids is 2. The monoisotopic (exact) mass is 444 g/mol. The first-order valence-electron chi connectivity index (χ1n) is 8.24. The van der Waals surface area contributed by atoms with Crippen LogP contribution in [0.4, 0.5) is 5.13 Å². The Morgan fingerprint density at radius 2 is 1.78 bits per heavy atom. The van der Waals surface area contributed by atoms with Crippen molar-refractivity contribution >= 4 is 44.1 Å². The number of hydrogen-bond donors (Lipinski definition) is 1. The summed E-state index contributed by atoms with van der Waals surface area (Å²) in [7, 11) is 1.57. The third-order valence-corrected chi connectivity index (χ3v) is 5.17. The summed E-state index contributed by atoms with van der Waals surface area (Å²) in [5.74, 6) is 0.380. The number of anilines is 1. The van der Waals surface area contributed by atoms with Crippen LogP contribution in [0.5, 0.6) is 5.75 Å². The number of aromatic nitrogens is 1. The first-order valence-corrected chi connectivity index (χ1v) is 9.91. The summed E-state index contributed by atoms with van der Waals surface area (Å²) in [4.78, 5) is 28.7. The highest BCUT2D eigenvalue weighted by molar-refractivity contribution is 9.10. The molecular weight excluding hydrogens is 428 g/mol. The van der Waals surface area contributed by atoms with Crippen molar-refractivity contribution in [2.45, 2.75) is 12.8 Å². The van der Waals surface area contributed by atoms with Crippen molar-refractivity contribution < 1.29 is 14.3 Å². The molecule has 0 aliphatic rings. The standard InChI is InChI=1S/C20H17BrN2O3S/c1-26-16-8-4-14(5-9-16)18(24)10-11-19(25)23-20-22-17(12-27-20)13-2-6-15(21)7-3-13/h2-9,12H,10-11H2,1H3,(H,22,23,25). The van der Waals surface area contributed by atoms with Crippen LogP contribution in [0.2, 0.25) is 0 Å². The highest BCUT2D eigenvalue weighted by Gasteiger charge is 2.12. The first-order chi connectivity index (χ1) is 13.0. The van der Waals surface area contributed by atoms with Crippen LogP contribution in [0.1, 0.15) is 23.2 Å². The summed E-state index contributed by atoms with van der Waals surface area (Å²) in [5, 5.41) is 5.17. The van der Waals surface area contributed by atoms with Gasteiger partial charge in [-0.3, -0.25) is 9.59 Å². The van der Waals surface area contributed by atoms with Gasteiger partial charge in [0.15, 0.2) is 10.9 Å². The average Bonchev–Trinajstić information content (AvgIpc) is 3.15. The number of amides is 1. The summed E-state index contributed by atoms with van der Waals surface area (Å²) in [5.41, 5.74) is 2.34. The number of halogens is 1. The maximum atomic E-state index is 12.2. The van der Waals surface area contributed by atoms with Gasteiger partial charge >= 0.3 is 0 Å². The molecule has 0 unspecified atom stereocenters. The Hall–Kier alpha value is -2.51. The fraction of sp³-hybridized carbons (Fsp3) is 0.150. The molecule has 0 saturated carbocycles. The van der Waals surface area contributed by atoms with Crippen molar-refractivity contribution in [1.82, 2.24) is 4.98 Å². The molecule has 0 radical (unpaired) electrons. The number of benzene rings is 2. The first kappa shape index (κ1) is 19.3. The molecule has 7 heteroatoms. The predicted octanol–water partition coefficient (Wildman–Crippen LogP) is 5.18. The summed E-state index contributed by atoms with van der Waals surface area (Å²) in [6.07, 6.45) is 0.251. The maximum Gasteiger partial charge on any atom is 0.226 e. The van der Waals surface area contributed by atoms with Crippen LogP contribution in [0, 0.1) is 0 Å². The third kappa shape index (κ3) is 5.24. The molecule has 0 atom stereocenters. The molecule has 0 spiro atoms. The Kier molecular flexibility index (Phi) is 6.36. The molecule has 0 fully saturated rings. The Balaban J connectivity index is 1.53. The van der Waals surface area contributed by atoms with Gasteiger partial charge in [0.05, 0.1) is 12.8 Å². The quantitative estimate of drug-likeness (QED) is 0.509. The van der Waals surface area contributed by atoms with Crippen LogP contribution >= 0.6 is 27.3 Å². The van der Waals surface area contributed by atoms with Gasteiger partial charge < -0.3 is 10.1 Å². The van der Waals surface area contributed by atoms with Crippen LogP contribution in [0.25, 0.3) is 11.3 Å². The molecule has 138 valence electrons. The molecule has 2 aromatic carbocycles. The number of nitrogens with one attached hydrogen (secondary N) is 1. The van der Waals surface area contributed by atoms with E-state index in [0.29, 0.717) is 16.4 Å². The molecule has 1 heterocycles. The van der Waals surface area contributed by atoms with E-state index in [-0.39, 0.29) is 24.5 Å². The molecule has 1 aromatic heterocycles. The number of methoxy groups -OCH3 is 1. The third-order valence-electron chi connectivity index (χ3n) is 3.88. The minimum absolute atomic E-state index is 0.0810. The number of ketones is 1. The van der Waals surface area contributed by atoms with Gasteiger partial charge in [-0.2, -0.15) is 0 Å². The fourth-order valence-corrected chi connectivity index (χ4v) is 3.41. The van der Waals surface area contributed by atoms with E-state index in [4.69, 9.17) is 4.74 Å². The average molecular weight is 445 g/mol. The lowest BCUT2D eigenvalue weighted by Crippen LogP contribution is -2.13. The molecule has 27 heavy (non-hydrogen) atoms. The van der Waals surface area contributed by atoms with E-state index < -0.39 is 0 Å². The summed E-state index contributed by atoms with van der Waals surface area (Å²) in [6.45, 7) is 0. The largest absolute Gasteiger partial charge is 0.497 e. The van der Waals surface area contributed by atoms with Crippen molar-refractivity contribution in [3.05, 3.63) is 63.9 Å². The molecule has 0 bridgehead atoms. The van der Waals surface area contributed by atoms with E-state index in [2.05, 4.69) is 26.2 Å². The molecule has 0 aliphatic heterocycles. The van der Waals surface area contributed by atoms with E-state index >= 15 is 0 Å². The number of rotatable bonds is 7. The van der Waals surface area contributed by atoms with Crippen LogP contribution < -0.4 is 10.1 Å². The Morgan fingerprint density at radius 3 is 2.44 bits per heavy atom. The second kappa shape index (κ2) is 8.92. The lowest BCUT2D eigenvalue weighted by Gasteiger charge is -2.04. The van der Waals surface area contributed by atoms with Crippen LogP contribution in [0.15, 0.2) is 58.4 Å². The lowest BCUT2D eigenvalue weighted by atomic mass is 10.1. The molecule has 0 saturated heterocycles. The number of thiazole rings is 1. The lowest BCUT2D eigenvalue weighted by molar-refractivity contribution is -0.116. The molecule has 3 rings (SSSR count). The summed E-state index contributed by atoms with van der Waals surface area (Å²) >= 11 is 4.76. The highest BCUT2D eigenvalue weighted by Crippen LogP contribution is 2.26. The molecule has 3 aromatic rings. The van der Waals surface area contributed by atoms with Gasteiger partial charge in [0.1, 0.15) is 5.75 Å². The van der Waals surface area contributed by atoms with Crippen molar-refractivity contribution in [2.24, 2.45) is 0 Å². The van der Waals surface area contributed by atoms with Gasteiger partial charge in [0.2, 0.25) is 5.91 Å². The molecule has 1 N–H and O–H groups in total. The molecular formula is C20H17BrN2O3S. The number of carbonyl (C=O) groups is 2. The Bertz CT molecular complexity index is 937. The van der Waals surface area contributed by atoms with Crippen molar-refractivity contribution in [3.63, 3.8) is 0 Å². The SMILES string of the molecule is COc1ccc(C(=O)CCC(=O)Nc2nc(-c3ccc(Br)cc3)cs2)cc1. The topological polar surface area (TPSA) is 68.3 Å². The van der Waals surface area contributed by atoms with Crippen LogP contribution in [-0.4, -0.2) is 23.8 Å². The van der Waals surface area contributed by atoms with Gasteiger partial charge in [0.25, 0.3) is 0 Å². The van der Waals surface area contributed by atoms with Crippen molar-refractivity contribution in [1.29, 1.82) is 0 Å². The minimum Gasteiger partial charge on any atom is -0.497 e. The second-order valence-corrected chi connectivity index (χ2v) is 7.52. The van der Waals surface area contributed by atoms with Gasteiger partial charge in [-0.25, -0.2) is 4.98 Å². The zero-order chi connectivity index (χ0) is 19.2. The van der Waals surface area contributed by atoms with Crippen molar-refractivity contribution in [2.75, 3.05) is 12.4 Å². The number of nitrogens with zero attached hydrogens (tertiary/aromatic N) is 1. The Labute approximate surface area is 169 Å². The second-order valence-electron chi connectivity index (χ2n) is 5.74. The van der Waals surface area contributed by atoms with E-state index in [0.717, 1.165) is 15.7 Å². The number of ether oxygens (including phenoxy) is 1. The Morgan fingerprint density at radius 1 is 1.07 bits per heavy atom. The summed E-state index contributed by atoms with van der Waals surface area (Å²) in [6, 6.07) is 14.7. The van der Waals surface area contributed by atoms with E-state index in [1.54, 1.807) is 31.4 Å². The normalized spacial score (nSPS) is 10.4. The smallest absolute Gasteiger partial charge is 0.226 e. The van der Waals surface area contributed by atoms with Crippen LogP contribution in [-0.2, 0) is 4.79 Å². The van der Waals surface area contributed by atoms with Crippen molar-refractivity contribution in [3.8, 4) is 17.0 Å². The minimum atomic E-state index is -0.228. The van der Waals surface area contributed by atoms with E-state index in [9.17, 15) is 9.59 Å². The van der Waals surface area contributed by atoms with Gasteiger partial charge in [-0.1, -0.05) is 28.1 Å². The summed E-state index contributed by atoms with van der Waals surface area (Å²) < 4.78 is 6.07. The maximum absolute atomic E-state index is 12.2. The van der Waals surface area contributed by atoms with Gasteiger partial charge in [0, 0.05) is 33.8 Å². The molecule has 0 aliphatic carbocycles. The van der Waals surface area contributed by atoms with Gasteiger partial charge in [-0.15, -0.1) is 11.3 Å². The molecule has 5 nitrogen and oxygen atoms in total.